The molecule has 0 spiro atoms. The third-order valence-corrected chi connectivity index (χ3v) is 8.94. The van der Waals surface area contributed by atoms with Gasteiger partial charge in [-0.15, -0.1) is 21.5 Å². The number of hydrogen-bond donors (Lipinski definition) is 1. The second-order valence-electron chi connectivity index (χ2n) is 10.2. The van der Waals surface area contributed by atoms with Crippen molar-refractivity contribution in [3.8, 4) is 10.4 Å². The summed E-state index contributed by atoms with van der Waals surface area (Å²) in [5.41, 5.74) is 3.22. The van der Waals surface area contributed by atoms with Crippen molar-refractivity contribution in [2.75, 3.05) is 18.4 Å². The van der Waals surface area contributed by atoms with E-state index < -0.39 is 11.3 Å². The number of benzene rings is 2. The molecule has 4 aromatic rings. The van der Waals surface area contributed by atoms with Crippen LogP contribution < -0.4 is 5.32 Å². The maximum Gasteiger partial charge on any atom is 0.253 e. The molecule has 1 aliphatic rings. The summed E-state index contributed by atoms with van der Waals surface area (Å²) in [6, 6.07) is 21.3. The summed E-state index contributed by atoms with van der Waals surface area (Å²) in [5.74, 6) is -3.29. The number of aromatic nitrogens is 2. The number of alkyl halides is 2. The lowest BCUT2D eigenvalue weighted by Crippen LogP contribution is -2.42. The third kappa shape index (κ3) is 5.91. The molecular formula is C29H28F2N4O2S2. The predicted molar refractivity (Wildman–Crippen MR) is 150 cm³/mol. The molecule has 1 aliphatic heterocycles. The lowest BCUT2D eigenvalue weighted by Gasteiger charge is -2.32. The number of likely N-dealkylation sites (tertiary alicyclic amines) is 1. The van der Waals surface area contributed by atoms with E-state index in [1.807, 2.05) is 68.4 Å². The first kappa shape index (κ1) is 27.1. The molecule has 6 nitrogen and oxygen atoms in total. The van der Waals surface area contributed by atoms with Gasteiger partial charge in [-0.25, -0.2) is 8.78 Å². The van der Waals surface area contributed by atoms with Crippen LogP contribution in [-0.4, -0.2) is 45.9 Å². The first-order chi connectivity index (χ1) is 18.6. The minimum absolute atomic E-state index is 0.0607. The smallest absolute Gasteiger partial charge is 0.253 e. The topological polar surface area (TPSA) is 75.2 Å². The van der Waals surface area contributed by atoms with Gasteiger partial charge in [0.15, 0.2) is 0 Å². The minimum atomic E-state index is -2.69. The number of carbonyl (C=O) groups excluding carboxylic acids is 2. The van der Waals surface area contributed by atoms with Gasteiger partial charge >= 0.3 is 0 Å². The van der Waals surface area contributed by atoms with Gasteiger partial charge in [-0.3, -0.25) is 9.59 Å². The molecule has 1 fully saturated rings. The standard InChI is InChI=1S/C29H28F2N4O2S2/c1-28(2,26(37)33-27-34-32-18-38-27)24(20-6-4-3-5-7-20)23-13-12-22(39-23)19-8-10-21(11-9-19)25(36)35-16-14-29(30,31)15-17-35/h3-13,18,24H,14-17H2,1-2H3,(H,33,34,37). The van der Waals surface area contributed by atoms with Gasteiger partial charge < -0.3 is 10.2 Å². The molecule has 0 radical (unpaired) electrons. The number of halogens is 2. The molecule has 2 aromatic carbocycles. The lowest BCUT2D eigenvalue weighted by molar-refractivity contribution is -0.124. The molecule has 39 heavy (non-hydrogen) atoms. The highest BCUT2D eigenvalue weighted by Crippen LogP contribution is 2.46. The highest BCUT2D eigenvalue weighted by molar-refractivity contribution is 7.15. The molecule has 0 aliphatic carbocycles. The van der Waals surface area contributed by atoms with Crippen LogP contribution in [0.3, 0.4) is 0 Å². The molecule has 3 heterocycles. The Hall–Kier alpha value is -3.50. The van der Waals surface area contributed by atoms with E-state index >= 15 is 0 Å². The van der Waals surface area contributed by atoms with Gasteiger partial charge in [0.1, 0.15) is 5.51 Å². The first-order valence-electron chi connectivity index (χ1n) is 12.6. The molecule has 2 aromatic heterocycles. The summed E-state index contributed by atoms with van der Waals surface area (Å²) in [5, 5.41) is 11.1. The van der Waals surface area contributed by atoms with E-state index in [1.54, 1.807) is 29.0 Å². The Kier molecular flexibility index (Phi) is 7.59. The third-order valence-electron chi connectivity index (χ3n) is 7.13. The fourth-order valence-electron chi connectivity index (χ4n) is 4.86. The van der Waals surface area contributed by atoms with Gasteiger partial charge in [0.2, 0.25) is 11.0 Å². The highest BCUT2D eigenvalue weighted by Gasteiger charge is 2.40. The summed E-state index contributed by atoms with van der Waals surface area (Å²) in [4.78, 5) is 29.8. The van der Waals surface area contributed by atoms with Crippen molar-refractivity contribution < 1.29 is 18.4 Å². The molecule has 2 amide bonds. The van der Waals surface area contributed by atoms with E-state index in [2.05, 4.69) is 15.5 Å². The van der Waals surface area contributed by atoms with Crippen molar-refractivity contribution >= 4 is 39.6 Å². The summed E-state index contributed by atoms with van der Waals surface area (Å²) >= 11 is 2.87. The Morgan fingerprint density at radius 1 is 1.00 bits per heavy atom. The number of nitrogens with zero attached hydrogens (tertiary/aromatic N) is 3. The van der Waals surface area contributed by atoms with Crippen molar-refractivity contribution in [1.29, 1.82) is 0 Å². The zero-order valence-electron chi connectivity index (χ0n) is 21.6. The lowest BCUT2D eigenvalue weighted by atomic mass is 9.73. The highest BCUT2D eigenvalue weighted by atomic mass is 32.1. The van der Waals surface area contributed by atoms with Gasteiger partial charge in [0.05, 0.1) is 5.41 Å². The number of anilines is 1. The maximum atomic E-state index is 13.5. The van der Waals surface area contributed by atoms with Gasteiger partial charge in [-0.2, -0.15) is 0 Å². The van der Waals surface area contributed by atoms with Crippen LogP contribution in [0.5, 0.6) is 0 Å². The van der Waals surface area contributed by atoms with E-state index in [4.69, 9.17) is 0 Å². The summed E-state index contributed by atoms with van der Waals surface area (Å²) in [6.45, 7) is 3.98. The fraction of sp³-hybridized carbons (Fsp3) is 0.310. The van der Waals surface area contributed by atoms with E-state index in [-0.39, 0.29) is 43.7 Å². The number of thiophene rings is 1. The number of amides is 2. The normalized spacial score (nSPS) is 16.1. The Morgan fingerprint density at radius 3 is 2.33 bits per heavy atom. The number of nitrogens with one attached hydrogen (secondary N) is 1. The second kappa shape index (κ2) is 10.9. The van der Waals surface area contributed by atoms with Crippen LogP contribution in [0.1, 0.15) is 53.4 Å². The Labute approximate surface area is 233 Å². The zero-order chi connectivity index (χ0) is 27.6. The SMILES string of the molecule is CC(C)(C(=O)Nc1nncs1)C(c1ccccc1)c1ccc(-c2ccc(C(=O)N3CCC(F)(F)CC3)cc2)s1. The van der Waals surface area contributed by atoms with Crippen LogP contribution >= 0.6 is 22.7 Å². The molecule has 10 heteroatoms. The average molecular weight is 567 g/mol. The van der Waals surface area contributed by atoms with Gasteiger partial charge in [0.25, 0.3) is 11.8 Å². The van der Waals surface area contributed by atoms with Crippen molar-refractivity contribution in [3.05, 3.63) is 88.2 Å². The predicted octanol–water partition coefficient (Wildman–Crippen LogP) is 6.93. The van der Waals surface area contributed by atoms with E-state index in [1.165, 1.54) is 16.2 Å². The first-order valence-corrected chi connectivity index (χ1v) is 14.3. The maximum absolute atomic E-state index is 13.5. The summed E-state index contributed by atoms with van der Waals surface area (Å²) in [7, 11) is 0. The fourth-order valence-corrected chi connectivity index (χ4v) is 6.63. The average Bonchev–Trinajstić information content (AvgIpc) is 3.62. The van der Waals surface area contributed by atoms with Crippen molar-refractivity contribution in [2.24, 2.45) is 5.41 Å². The number of hydrogen-bond acceptors (Lipinski definition) is 6. The number of rotatable bonds is 7. The van der Waals surface area contributed by atoms with Crippen molar-refractivity contribution in [2.45, 2.75) is 38.5 Å². The largest absolute Gasteiger partial charge is 0.338 e. The van der Waals surface area contributed by atoms with Crippen LogP contribution in [0.15, 0.2) is 72.2 Å². The van der Waals surface area contributed by atoms with Gasteiger partial charge in [-0.1, -0.05) is 67.6 Å². The van der Waals surface area contributed by atoms with Crippen LogP contribution in [0.4, 0.5) is 13.9 Å². The monoisotopic (exact) mass is 566 g/mol. The van der Waals surface area contributed by atoms with Crippen LogP contribution in [0.2, 0.25) is 0 Å². The molecule has 202 valence electrons. The quantitative estimate of drug-likeness (QED) is 0.263. The Balaban J connectivity index is 1.38. The zero-order valence-corrected chi connectivity index (χ0v) is 23.2. The van der Waals surface area contributed by atoms with E-state index in [9.17, 15) is 18.4 Å². The Morgan fingerprint density at radius 2 is 1.69 bits per heavy atom. The van der Waals surface area contributed by atoms with E-state index in [0.29, 0.717) is 10.7 Å². The molecule has 0 saturated carbocycles. The summed E-state index contributed by atoms with van der Waals surface area (Å²) in [6.07, 6.45) is -0.598. The van der Waals surface area contributed by atoms with Gasteiger partial charge in [-0.05, 0) is 35.4 Å². The molecule has 1 saturated heterocycles. The van der Waals surface area contributed by atoms with Crippen LogP contribution in [0.25, 0.3) is 10.4 Å². The molecule has 1 unspecified atom stereocenters. The van der Waals surface area contributed by atoms with Gasteiger partial charge in [0, 0.05) is 47.2 Å². The Bertz CT molecular complexity index is 1430. The molecular weight excluding hydrogens is 538 g/mol. The molecule has 0 bridgehead atoms. The van der Waals surface area contributed by atoms with Crippen LogP contribution in [-0.2, 0) is 4.79 Å². The van der Waals surface area contributed by atoms with E-state index in [0.717, 1.165) is 20.9 Å². The van der Waals surface area contributed by atoms with Crippen molar-refractivity contribution in [3.63, 3.8) is 0 Å². The molecule has 1 N–H and O–H groups in total. The molecule has 1 atom stereocenters. The summed E-state index contributed by atoms with van der Waals surface area (Å²) < 4.78 is 27.0. The van der Waals surface area contributed by atoms with Crippen molar-refractivity contribution in [1.82, 2.24) is 15.1 Å². The number of piperidine rings is 1. The van der Waals surface area contributed by atoms with Crippen LogP contribution in [0, 0.1) is 5.41 Å². The second-order valence-corrected chi connectivity index (χ2v) is 12.1. The minimum Gasteiger partial charge on any atom is -0.338 e. The number of carbonyl (C=O) groups is 2. The molecule has 5 rings (SSSR count).